The zero-order valence-corrected chi connectivity index (χ0v) is 15.7. The van der Waals surface area contributed by atoms with Crippen LogP contribution in [0.4, 0.5) is 11.4 Å². The number of methoxy groups -OCH3 is 1. The number of amides is 1. The van der Waals surface area contributed by atoms with E-state index in [1.54, 1.807) is 6.07 Å². The number of carbonyl (C=O) groups excluding carboxylic acids is 2. The van der Waals surface area contributed by atoms with Gasteiger partial charge in [-0.3, -0.25) is 14.9 Å². The summed E-state index contributed by atoms with van der Waals surface area (Å²) in [6, 6.07) is 16.7. The number of hydrogen-bond acceptors (Lipinski definition) is 6. The van der Waals surface area contributed by atoms with Crippen LogP contribution in [0.15, 0.2) is 60.7 Å². The molecular formula is C21H18N2O6. The zero-order valence-electron chi connectivity index (χ0n) is 15.7. The van der Waals surface area contributed by atoms with E-state index in [4.69, 9.17) is 9.47 Å². The fourth-order valence-electron chi connectivity index (χ4n) is 2.76. The van der Waals surface area contributed by atoms with Gasteiger partial charge in [-0.2, -0.15) is 0 Å². The van der Waals surface area contributed by atoms with Crippen molar-refractivity contribution in [2.75, 3.05) is 12.4 Å². The van der Waals surface area contributed by atoms with Crippen LogP contribution in [0, 0.1) is 10.1 Å². The Balaban J connectivity index is 1.72. The molecule has 0 aliphatic rings. The summed E-state index contributed by atoms with van der Waals surface area (Å²) in [7, 11) is 1.33. The fraction of sp³-hybridized carbons (Fsp3) is 0.143. The number of nitrogens with one attached hydrogen (secondary N) is 1. The number of nitrogens with zero attached hydrogens (tertiary/aromatic N) is 1. The van der Waals surface area contributed by atoms with E-state index >= 15 is 0 Å². The van der Waals surface area contributed by atoms with E-state index in [9.17, 15) is 19.7 Å². The molecule has 29 heavy (non-hydrogen) atoms. The second-order valence-electron chi connectivity index (χ2n) is 6.24. The van der Waals surface area contributed by atoms with Crippen LogP contribution >= 0.6 is 0 Å². The summed E-state index contributed by atoms with van der Waals surface area (Å²) in [4.78, 5) is 35.2. The molecule has 0 aromatic heterocycles. The number of carbonyl (C=O) groups is 2. The number of benzene rings is 3. The molecule has 1 unspecified atom stereocenters. The number of nitro groups is 1. The van der Waals surface area contributed by atoms with Crippen LogP contribution in [0.1, 0.15) is 17.3 Å². The third-order valence-electron chi connectivity index (χ3n) is 4.28. The molecule has 3 aromatic rings. The first-order valence-corrected chi connectivity index (χ1v) is 8.72. The lowest BCUT2D eigenvalue weighted by molar-refractivity contribution is -0.384. The molecule has 0 spiro atoms. The quantitative estimate of drug-likeness (QED) is 0.385. The first-order valence-electron chi connectivity index (χ1n) is 8.72. The average Bonchev–Trinajstić information content (AvgIpc) is 2.72. The van der Waals surface area contributed by atoms with Crippen molar-refractivity contribution >= 4 is 34.0 Å². The Hall–Kier alpha value is -3.94. The number of non-ortho nitro benzene ring substituents is 1. The van der Waals surface area contributed by atoms with Crippen molar-refractivity contribution in [3.05, 3.63) is 76.3 Å². The Bertz CT molecular complexity index is 1100. The lowest BCUT2D eigenvalue weighted by Gasteiger charge is -2.15. The minimum atomic E-state index is -1.13. The van der Waals surface area contributed by atoms with Crippen LogP contribution in [0.5, 0.6) is 5.75 Å². The fourth-order valence-corrected chi connectivity index (χ4v) is 2.76. The Morgan fingerprint density at radius 2 is 1.76 bits per heavy atom. The Kier molecular flexibility index (Phi) is 5.73. The van der Waals surface area contributed by atoms with E-state index in [0.717, 1.165) is 16.8 Å². The number of hydrogen-bond donors (Lipinski definition) is 1. The van der Waals surface area contributed by atoms with E-state index in [1.807, 2.05) is 36.4 Å². The summed E-state index contributed by atoms with van der Waals surface area (Å²) >= 11 is 0. The molecule has 3 aromatic carbocycles. The maximum absolute atomic E-state index is 12.4. The number of anilines is 1. The summed E-state index contributed by atoms with van der Waals surface area (Å²) in [6.07, 6.45) is -1.13. The Morgan fingerprint density at radius 1 is 1.03 bits per heavy atom. The van der Waals surface area contributed by atoms with Crippen LogP contribution in [-0.2, 0) is 9.53 Å². The highest BCUT2D eigenvalue weighted by molar-refractivity contribution is 5.99. The molecule has 0 aliphatic carbocycles. The van der Waals surface area contributed by atoms with Crippen LogP contribution in [-0.4, -0.2) is 30.0 Å². The molecule has 1 atom stereocenters. The molecule has 0 radical (unpaired) electrons. The molecule has 1 N–H and O–H groups in total. The summed E-state index contributed by atoms with van der Waals surface area (Å²) in [5.41, 5.74) is 0.141. The third-order valence-corrected chi connectivity index (χ3v) is 4.28. The molecule has 0 saturated heterocycles. The normalized spacial score (nSPS) is 11.5. The number of fused-ring (bicyclic) bond motifs is 1. The maximum Gasteiger partial charge on any atom is 0.342 e. The summed E-state index contributed by atoms with van der Waals surface area (Å²) < 4.78 is 10.2. The molecule has 0 fully saturated rings. The summed E-state index contributed by atoms with van der Waals surface area (Å²) in [5.74, 6) is -1.31. The predicted octanol–water partition coefficient (Wildman–Crippen LogP) is 3.94. The molecular weight excluding hydrogens is 376 g/mol. The van der Waals surface area contributed by atoms with Crippen molar-refractivity contribution in [2.24, 2.45) is 0 Å². The van der Waals surface area contributed by atoms with Crippen LogP contribution in [0.2, 0.25) is 0 Å². The van der Waals surface area contributed by atoms with Gasteiger partial charge in [0.2, 0.25) is 0 Å². The smallest absolute Gasteiger partial charge is 0.342 e. The van der Waals surface area contributed by atoms with Gasteiger partial charge in [-0.15, -0.1) is 0 Å². The average molecular weight is 394 g/mol. The molecule has 0 saturated carbocycles. The SMILES string of the molecule is COc1ccc([N+](=O)[O-])cc1C(=O)OC(C)C(=O)Nc1ccc2ccccc2c1. The van der Waals surface area contributed by atoms with Gasteiger partial charge < -0.3 is 14.8 Å². The molecule has 8 nitrogen and oxygen atoms in total. The standard InChI is InChI=1S/C21H18N2O6/c1-13(20(24)22-16-8-7-14-5-3-4-6-15(14)11-16)29-21(25)18-12-17(23(26)27)9-10-19(18)28-2/h3-13H,1-2H3,(H,22,24). The van der Waals surface area contributed by atoms with Crippen LogP contribution in [0.25, 0.3) is 10.8 Å². The van der Waals surface area contributed by atoms with Gasteiger partial charge in [-0.25, -0.2) is 4.79 Å². The molecule has 0 bridgehead atoms. The minimum Gasteiger partial charge on any atom is -0.496 e. The summed E-state index contributed by atoms with van der Waals surface area (Å²) in [6.45, 7) is 1.41. The van der Waals surface area contributed by atoms with Crippen molar-refractivity contribution in [1.82, 2.24) is 0 Å². The predicted molar refractivity (Wildman–Crippen MR) is 107 cm³/mol. The van der Waals surface area contributed by atoms with Crippen molar-refractivity contribution in [3.63, 3.8) is 0 Å². The lowest BCUT2D eigenvalue weighted by Crippen LogP contribution is -2.30. The number of nitro benzene ring substituents is 1. The van der Waals surface area contributed by atoms with Gasteiger partial charge in [0.1, 0.15) is 11.3 Å². The third kappa shape index (κ3) is 4.49. The zero-order chi connectivity index (χ0) is 21.0. The van der Waals surface area contributed by atoms with Crippen molar-refractivity contribution in [3.8, 4) is 5.75 Å². The molecule has 148 valence electrons. The summed E-state index contributed by atoms with van der Waals surface area (Å²) in [5, 5.41) is 15.6. The minimum absolute atomic E-state index is 0.114. The monoisotopic (exact) mass is 394 g/mol. The molecule has 8 heteroatoms. The Morgan fingerprint density at radius 3 is 2.45 bits per heavy atom. The second kappa shape index (κ2) is 8.39. The van der Waals surface area contributed by atoms with E-state index in [-0.39, 0.29) is 17.0 Å². The van der Waals surface area contributed by atoms with Gasteiger partial charge in [0.05, 0.1) is 12.0 Å². The van der Waals surface area contributed by atoms with Crippen molar-refractivity contribution < 1.29 is 24.0 Å². The molecule has 1 amide bonds. The molecule has 3 rings (SSSR count). The van der Waals surface area contributed by atoms with E-state index in [0.29, 0.717) is 5.69 Å². The van der Waals surface area contributed by atoms with Gasteiger partial charge >= 0.3 is 5.97 Å². The number of ether oxygens (including phenoxy) is 2. The molecule has 0 aliphatic heterocycles. The van der Waals surface area contributed by atoms with Crippen LogP contribution < -0.4 is 10.1 Å². The maximum atomic E-state index is 12.4. The first-order chi connectivity index (χ1) is 13.9. The van der Waals surface area contributed by atoms with E-state index in [1.165, 1.54) is 26.2 Å². The lowest BCUT2D eigenvalue weighted by atomic mass is 10.1. The van der Waals surface area contributed by atoms with Crippen molar-refractivity contribution in [1.29, 1.82) is 0 Å². The van der Waals surface area contributed by atoms with Gasteiger partial charge in [0.25, 0.3) is 11.6 Å². The van der Waals surface area contributed by atoms with Gasteiger partial charge in [-0.05, 0) is 35.9 Å². The van der Waals surface area contributed by atoms with Crippen LogP contribution in [0.3, 0.4) is 0 Å². The highest BCUT2D eigenvalue weighted by Crippen LogP contribution is 2.25. The highest BCUT2D eigenvalue weighted by Gasteiger charge is 2.23. The van der Waals surface area contributed by atoms with Gasteiger partial charge in [-0.1, -0.05) is 30.3 Å². The molecule has 0 heterocycles. The number of esters is 1. The van der Waals surface area contributed by atoms with E-state index < -0.39 is 22.9 Å². The first kappa shape index (κ1) is 19.8. The highest BCUT2D eigenvalue weighted by atomic mass is 16.6. The number of rotatable bonds is 6. The van der Waals surface area contributed by atoms with E-state index in [2.05, 4.69) is 5.32 Å². The van der Waals surface area contributed by atoms with Gasteiger partial charge in [0.15, 0.2) is 6.10 Å². The van der Waals surface area contributed by atoms with Gasteiger partial charge in [0, 0.05) is 17.8 Å². The largest absolute Gasteiger partial charge is 0.496 e. The van der Waals surface area contributed by atoms with Crippen molar-refractivity contribution in [2.45, 2.75) is 13.0 Å². The Labute approximate surface area is 166 Å². The second-order valence-corrected chi connectivity index (χ2v) is 6.24. The topological polar surface area (TPSA) is 108 Å².